The Morgan fingerprint density at radius 1 is 1.50 bits per heavy atom. The van der Waals surface area contributed by atoms with Crippen LogP contribution in [0.1, 0.15) is 30.5 Å². The number of rotatable bonds is 6. The normalized spacial score (nSPS) is 14.4. The Labute approximate surface area is 131 Å². The van der Waals surface area contributed by atoms with Crippen molar-refractivity contribution in [2.24, 2.45) is 10.9 Å². The number of aryl methyl sites for hydroxylation is 1. The van der Waals surface area contributed by atoms with E-state index >= 15 is 0 Å². The Kier molecular flexibility index (Phi) is 5.69. The van der Waals surface area contributed by atoms with Crippen molar-refractivity contribution in [2.75, 3.05) is 20.8 Å². The standard InChI is InChI=1S/C17H22N2O3/c1-11-7-13(8-15(21-5)14(11)9-18)17(3,16(20)22-6)12(2)10-19-4/h7-8,12H,4,10H2,1-3,5-6H3. The fourth-order valence-corrected chi connectivity index (χ4v) is 2.55. The number of hydrogen-bond acceptors (Lipinski definition) is 5. The Morgan fingerprint density at radius 2 is 2.14 bits per heavy atom. The van der Waals surface area contributed by atoms with Crippen LogP contribution in [0.25, 0.3) is 0 Å². The van der Waals surface area contributed by atoms with E-state index in [1.807, 2.05) is 26.8 Å². The highest BCUT2D eigenvalue weighted by atomic mass is 16.5. The number of methoxy groups -OCH3 is 2. The zero-order valence-corrected chi connectivity index (χ0v) is 13.8. The minimum atomic E-state index is -0.901. The summed E-state index contributed by atoms with van der Waals surface area (Å²) >= 11 is 0. The quantitative estimate of drug-likeness (QED) is 0.598. The van der Waals surface area contributed by atoms with Gasteiger partial charge in [-0.2, -0.15) is 5.26 Å². The second-order valence-corrected chi connectivity index (χ2v) is 5.48. The number of nitrogens with zero attached hydrogens (tertiary/aromatic N) is 2. The van der Waals surface area contributed by atoms with Crippen LogP contribution in [0.4, 0.5) is 0 Å². The molecule has 0 aliphatic carbocycles. The molecular weight excluding hydrogens is 280 g/mol. The lowest BCUT2D eigenvalue weighted by Gasteiger charge is -2.33. The van der Waals surface area contributed by atoms with Crippen LogP contribution in [0.2, 0.25) is 0 Å². The molecule has 2 atom stereocenters. The van der Waals surface area contributed by atoms with Crippen molar-refractivity contribution >= 4 is 12.7 Å². The molecule has 0 amide bonds. The molecule has 2 unspecified atom stereocenters. The molecule has 0 fully saturated rings. The summed E-state index contributed by atoms with van der Waals surface area (Å²) in [6, 6.07) is 5.68. The van der Waals surface area contributed by atoms with E-state index in [0.29, 0.717) is 17.9 Å². The molecule has 0 heterocycles. The summed E-state index contributed by atoms with van der Waals surface area (Å²) in [6.45, 7) is 9.48. The molecule has 0 radical (unpaired) electrons. The van der Waals surface area contributed by atoms with Gasteiger partial charge in [0.2, 0.25) is 0 Å². The van der Waals surface area contributed by atoms with Crippen LogP contribution in [-0.4, -0.2) is 33.5 Å². The van der Waals surface area contributed by atoms with Crippen molar-refractivity contribution in [3.63, 3.8) is 0 Å². The molecule has 0 bridgehead atoms. The molecular formula is C17H22N2O3. The molecule has 0 N–H and O–H groups in total. The summed E-state index contributed by atoms with van der Waals surface area (Å²) in [5.41, 5.74) is 1.06. The van der Waals surface area contributed by atoms with Crippen LogP contribution in [0, 0.1) is 24.2 Å². The van der Waals surface area contributed by atoms with Gasteiger partial charge in [0.15, 0.2) is 0 Å². The van der Waals surface area contributed by atoms with Gasteiger partial charge in [-0.1, -0.05) is 13.0 Å². The third-order valence-electron chi connectivity index (χ3n) is 4.23. The van der Waals surface area contributed by atoms with Gasteiger partial charge in [-0.25, -0.2) is 0 Å². The topological polar surface area (TPSA) is 71.7 Å². The largest absolute Gasteiger partial charge is 0.495 e. The summed E-state index contributed by atoms with van der Waals surface area (Å²) in [5.74, 6) is -0.0179. The third kappa shape index (κ3) is 2.96. The molecule has 1 rings (SSSR count). The van der Waals surface area contributed by atoms with E-state index in [1.165, 1.54) is 14.2 Å². The molecule has 22 heavy (non-hydrogen) atoms. The number of ether oxygens (including phenoxy) is 2. The van der Waals surface area contributed by atoms with Crippen molar-refractivity contribution in [1.29, 1.82) is 5.26 Å². The van der Waals surface area contributed by atoms with E-state index in [2.05, 4.69) is 17.8 Å². The summed E-state index contributed by atoms with van der Waals surface area (Å²) < 4.78 is 10.3. The van der Waals surface area contributed by atoms with E-state index in [4.69, 9.17) is 9.47 Å². The number of carbonyl (C=O) groups excluding carboxylic acids is 1. The monoisotopic (exact) mass is 302 g/mol. The smallest absolute Gasteiger partial charge is 0.316 e. The predicted octanol–water partition coefficient (Wildman–Crippen LogP) is 2.64. The van der Waals surface area contributed by atoms with Gasteiger partial charge >= 0.3 is 5.97 Å². The first-order valence-electron chi connectivity index (χ1n) is 6.96. The SMILES string of the molecule is C=NCC(C)C(C)(C(=O)OC)c1cc(C)c(C#N)c(OC)c1. The van der Waals surface area contributed by atoms with Gasteiger partial charge in [-0.3, -0.25) is 4.79 Å². The summed E-state index contributed by atoms with van der Waals surface area (Å²) in [4.78, 5) is 16.3. The molecule has 0 spiro atoms. The maximum atomic E-state index is 12.4. The van der Waals surface area contributed by atoms with Gasteiger partial charge in [-0.05, 0) is 43.7 Å². The van der Waals surface area contributed by atoms with Gasteiger partial charge in [0.1, 0.15) is 11.8 Å². The summed E-state index contributed by atoms with van der Waals surface area (Å²) in [7, 11) is 2.87. The first kappa shape index (κ1) is 17.7. The minimum Gasteiger partial charge on any atom is -0.495 e. The van der Waals surface area contributed by atoms with Crippen LogP contribution in [0.5, 0.6) is 5.75 Å². The number of esters is 1. The van der Waals surface area contributed by atoms with E-state index in [0.717, 1.165) is 11.1 Å². The van der Waals surface area contributed by atoms with Crippen molar-refractivity contribution in [3.8, 4) is 11.8 Å². The highest BCUT2D eigenvalue weighted by Crippen LogP contribution is 2.37. The van der Waals surface area contributed by atoms with Crippen LogP contribution >= 0.6 is 0 Å². The number of nitriles is 1. The van der Waals surface area contributed by atoms with Crippen molar-refractivity contribution in [3.05, 3.63) is 28.8 Å². The fraction of sp³-hybridized carbons (Fsp3) is 0.471. The van der Waals surface area contributed by atoms with Crippen molar-refractivity contribution in [2.45, 2.75) is 26.2 Å². The predicted molar refractivity (Wildman–Crippen MR) is 85.4 cm³/mol. The van der Waals surface area contributed by atoms with E-state index in [-0.39, 0.29) is 11.9 Å². The minimum absolute atomic E-state index is 0.116. The summed E-state index contributed by atoms with van der Waals surface area (Å²) in [6.07, 6.45) is 0. The van der Waals surface area contributed by atoms with Gasteiger partial charge in [0.25, 0.3) is 0 Å². The average Bonchev–Trinajstić information content (AvgIpc) is 2.52. The molecule has 118 valence electrons. The molecule has 0 saturated carbocycles. The highest BCUT2D eigenvalue weighted by molar-refractivity contribution is 5.83. The van der Waals surface area contributed by atoms with Gasteiger partial charge in [0, 0.05) is 6.54 Å². The molecule has 1 aromatic carbocycles. The Morgan fingerprint density at radius 3 is 2.59 bits per heavy atom. The second kappa shape index (κ2) is 7.08. The average molecular weight is 302 g/mol. The Balaban J connectivity index is 3.57. The van der Waals surface area contributed by atoms with Crippen molar-refractivity contribution < 1.29 is 14.3 Å². The first-order valence-corrected chi connectivity index (χ1v) is 6.96. The van der Waals surface area contributed by atoms with Gasteiger partial charge < -0.3 is 14.5 Å². The number of hydrogen-bond donors (Lipinski definition) is 0. The first-order chi connectivity index (χ1) is 10.4. The van der Waals surface area contributed by atoms with Crippen LogP contribution in [0.3, 0.4) is 0 Å². The Hall–Kier alpha value is -2.35. The van der Waals surface area contributed by atoms with Crippen LogP contribution in [0.15, 0.2) is 17.1 Å². The van der Waals surface area contributed by atoms with Gasteiger partial charge in [-0.15, -0.1) is 0 Å². The number of aliphatic imine (C=N–C) groups is 1. The molecule has 5 nitrogen and oxygen atoms in total. The van der Waals surface area contributed by atoms with Gasteiger partial charge in [0.05, 0.1) is 25.2 Å². The third-order valence-corrected chi connectivity index (χ3v) is 4.23. The molecule has 5 heteroatoms. The maximum Gasteiger partial charge on any atom is 0.316 e. The van der Waals surface area contributed by atoms with E-state index < -0.39 is 5.41 Å². The maximum absolute atomic E-state index is 12.4. The van der Waals surface area contributed by atoms with Crippen LogP contribution < -0.4 is 4.74 Å². The zero-order chi connectivity index (χ0) is 16.9. The highest BCUT2D eigenvalue weighted by Gasteiger charge is 2.42. The summed E-state index contributed by atoms with van der Waals surface area (Å²) in [5, 5.41) is 9.23. The lowest BCUT2D eigenvalue weighted by molar-refractivity contribution is -0.148. The Bertz CT molecular complexity index is 619. The molecule has 1 aromatic rings. The molecule has 0 aliphatic rings. The lowest BCUT2D eigenvalue weighted by Crippen LogP contribution is -2.41. The molecule has 0 aliphatic heterocycles. The van der Waals surface area contributed by atoms with E-state index in [9.17, 15) is 10.1 Å². The van der Waals surface area contributed by atoms with Crippen molar-refractivity contribution in [1.82, 2.24) is 0 Å². The number of benzene rings is 1. The fourth-order valence-electron chi connectivity index (χ4n) is 2.55. The lowest BCUT2D eigenvalue weighted by atomic mass is 9.71. The molecule has 0 aromatic heterocycles. The van der Waals surface area contributed by atoms with Crippen LogP contribution in [-0.2, 0) is 14.9 Å². The zero-order valence-electron chi connectivity index (χ0n) is 13.8. The second-order valence-electron chi connectivity index (χ2n) is 5.48. The van der Waals surface area contributed by atoms with E-state index in [1.54, 1.807) is 6.07 Å². The number of carbonyl (C=O) groups is 1. The molecule has 0 saturated heterocycles.